The Kier molecular flexibility index (Phi) is 4.02. The molecule has 0 amide bonds. The molecule has 1 heterocycles. The minimum atomic E-state index is 0.281. The summed E-state index contributed by atoms with van der Waals surface area (Å²) in [6, 6.07) is 6.51. The van der Waals surface area contributed by atoms with Gasteiger partial charge in [0.05, 0.1) is 19.3 Å². The molecule has 1 saturated heterocycles. The molecular weight excluding hydrogens is 214 g/mol. The maximum Gasteiger partial charge on any atom is 0.119 e. The highest BCUT2D eigenvalue weighted by molar-refractivity contribution is 5.37. The molecule has 94 valence electrons. The molecule has 0 bridgehead atoms. The average Bonchev–Trinajstić information content (AvgIpc) is 2.85. The summed E-state index contributed by atoms with van der Waals surface area (Å²) in [7, 11) is 3.69. The molecule has 1 aromatic carbocycles. The van der Waals surface area contributed by atoms with E-state index in [1.165, 1.54) is 11.1 Å². The van der Waals surface area contributed by atoms with Gasteiger partial charge in [-0.15, -0.1) is 0 Å². The first-order valence-electron chi connectivity index (χ1n) is 6.19. The number of methoxy groups -OCH3 is 1. The lowest BCUT2D eigenvalue weighted by atomic mass is 9.95. The highest BCUT2D eigenvalue weighted by atomic mass is 16.5. The van der Waals surface area contributed by atoms with Crippen LogP contribution >= 0.6 is 0 Å². The molecule has 1 fully saturated rings. The first-order chi connectivity index (χ1) is 8.26. The number of hydrogen-bond donors (Lipinski definition) is 1. The van der Waals surface area contributed by atoms with Gasteiger partial charge in [0.25, 0.3) is 0 Å². The minimum Gasteiger partial charge on any atom is -0.497 e. The molecule has 0 radical (unpaired) electrons. The fourth-order valence-corrected chi connectivity index (χ4v) is 2.53. The second-order valence-electron chi connectivity index (χ2n) is 4.54. The lowest BCUT2D eigenvalue weighted by Gasteiger charge is -2.24. The molecule has 1 N–H and O–H groups in total. The van der Waals surface area contributed by atoms with E-state index in [9.17, 15) is 0 Å². The summed E-state index contributed by atoms with van der Waals surface area (Å²) in [5.74, 6) is 0.911. The van der Waals surface area contributed by atoms with Crippen LogP contribution in [0.4, 0.5) is 0 Å². The molecular formula is C14H21NO2. The fraction of sp³-hybridized carbons (Fsp3) is 0.571. The van der Waals surface area contributed by atoms with Crippen LogP contribution < -0.4 is 10.1 Å². The van der Waals surface area contributed by atoms with Crippen molar-refractivity contribution >= 4 is 0 Å². The van der Waals surface area contributed by atoms with Crippen molar-refractivity contribution in [3.05, 3.63) is 29.3 Å². The number of hydrogen-bond acceptors (Lipinski definition) is 3. The summed E-state index contributed by atoms with van der Waals surface area (Å²) in [5, 5.41) is 3.37. The third-order valence-corrected chi connectivity index (χ3v) is 3.46. The van der Waals surface area contributed by atoms with Crippen molar-refractivity contribution in [1.29, 1.82) is 0 Å². The van der Waals surface area contributed by atoms with Crippen molar-refractivity contribution in [1.82, 2.24) is 5.32 Å². The Bertz CT molecular complexity index is 372. The highest BCUT2D eigenvalue weighted by Crippen LogP contribution is 2.30. The Balaban J connectivity index is 2.23. The quantitative estimate of drug-likeness (QED) is 0.869. The van der Waals surface area contributed by atoms with Crippen molar-refractivity contribution < 1.29 is 9.47 Å². The van der Waals surface area contributed by atoms with Gasteiger partial charge in [0, 0.05) is 6.61 Å². The molecule has 1 aliphatic rings. The summed E-state index contributed by atoms with van der Waals surface area (Å²) in [6.07, 6.45) is 2.60. The van der Waals surface area contributed by atoms with Gasteiger partial charge in [0.2, 0.25) is 0 Å². The Morgan fingerprint density at radius 2 is 2.29 bits per heavy atom. The topological polar surface area (TPSA) is 30.5 Å². The zero-order chi connectivity index (χ0) is 12.3. The highest BCUT2D eigenvalue weighted by Gasteiger charge is 2.27. The number of aryl methyl sites for hydroxylation is 1. The van der Waals surface area contributed by atoms with Crippen molar-refractivity contribution in [2.75, 3.05) is 20.8 Å². The zero-order valence-corrected chi connectivity index (χ0v) is 10.8. The van der Waals surface area contributed by atoms with E-state index in [2.05, 4.69) is 24.4 Å². The maximum atomic E-state index is 5.78. The van der Waals surface area contributed by atoms with Gasteiger partial charge in [-0.05, 0) is 50.1 Å². The third-order valence-electron chi connectivity index (χ3n) is 3.46. The van der Waals surface area contributed by atoms with Crippen LogP contribution in [0.25, 0.3) is 0 Å². The average molecular weight is 235 g/mol. The van der Waals surface area contributed by atoms with Crippen LogP contribution in [0.1, 0.15) is 30.0 Å². The number of benzene rings is 1. The molecule has 0 aromatic heterocycles. The molecule has 2 unspecified atom stereocenters. The van der Waals surface area contributed by atoms with E-state index in [0.29, 0.717) is 6.10 Å². The standard InChI is InChI=1S/C14H21NO2/c1-10-9-11(16-3)6-7-12(10)14(15-2)13-5-4-8-17-13/h6-7,9,13-15H,4-5,8H2,1-3H3. The Morgan fingerprint density at radius 1 is 1.47 bits per heavy atom. The van der Waals surface area contributed by atoms with Crippen molar-refractivity contribution in [2.24, 2.45) is 0 Å². The second kappa shape index (κ2) is 5.52. The van der Waals surface area contributed by atoms with Gasteiger partial charge in [0.15, 0.2) is 0 Å². The molecule has 1 aliphatic heterocycles. The number of likely N-dealkylation sites (N-methyl/N-ethyl adjacent to an activating group) is 1. The van der Waals surface area contributed by atoms with Gasteiger partial charge >= 0.3 is 0 Å². The molecule has 3 heteroatoms. The van der Waals surface area contributed by atoms with Crippen LogP contribution in [0.2, 0.25) is 0 Å². The molecule has 1 aromatic rings. The Labute approximate surface area is 103 Å². The van der Waals surface area contributed by atoms with E-state index in [4.69, 9.17) is 9.47 Å². The summed E-state index contributed by atoms with van der Waals surface area (Å²) < 4.78 is 11.0. The van der Waals surface area contributed by atoms with Crippen molar-refractivity contribution in [3.8, 4) is 5.75 Å². The van der Waals surface area contributed by atoms with Gasteiger partial charge < -0.3 is 14.8 Å². The lowest BCUT2D eigenvalue weighted by Crippen LogP contribution is -2.29. The largest absolute Gasteiger partial charge is 0.497 e. The van der Waals surface area contributed by atoms with Gasteiger partial charge in [-0.1, -0.05) is 6.07 Å². The first-order valence-corrected chi connectivity index (χ1v) is 6.19. The van der Waals surface area contributed by atoms with E-state index in [1.807, 2.05) is 13.1 Å². The summed E-state index contributed by atoms with van der Waals surface area (Å²) in [6.45, 7) is 3.01. The third kappa shape index (κ3) is 2.61. The molecule has 2 rings (SSSR count). The molecule has 17 heavy (non-hydrogen) atoms. The summed E-state index contributed by atoms with van der Waals surface area (Å²) in [5.41, 5.74) is 2.56. The molecule has 0 spiro atoms. The van der Waals surface area contributed by atoms with Gasteiger partial charge in [-0.2, -0.15) is 0 Å². The van der Waals surface area contributed by atoms with Crippen molar-refractivity contribution in [2.45, 2.75) is 31.9 Å². The predicted octanol–water partition coefficient (Wildman–Crippen LogP) is 2.44. The minimum absolute atomic E-state index is 0.281. The summed E-state index contributed by atoms with van der Waals surface area (Å²) in [4.78, 5) is 0. The van der Waals surface area contributed by atoms with Gasteiger partial charge in [0.1, 0.15) is 5.75 Å². The van der Waals surface area contributed by atoms with Crippen LogP contribution in [0.3, 0.4) is 0 Å². The molecule has 0 saturated carbocycles. The smallest absolute Gasteiger partial charge is 0.119 e. The molecule has 3 nitrogen and oxygen atoms in total. The van der Waals surface area contributed by atoms with Crippen LogP contribution in [0, 0.1) is 6.92 Å². The van der Waals surface area contributed by atoms with E-state index in [-0.39, 0.29) is 6.04 Å². The second-order valence-corrected chi connectivity index (χ2v) is 4.54. The van der Waals surface area contributed by atoms with Crippen LogP contribution in [-0.2, 0) is 4.74 Å². The number of ether oxygens (including phenoxy) is 2. The summed E-state index contributed by atoms with van der Waals surface area (Å²) >= 11 is 0. The van der Waals surface area contributed by atoms with Gasteiger partial charge in [-0.25, -0.2) is 0 Å². The van der Waals surface area contributed by atoms with Crippen LogP contribution in [0.5, 0.6) is 5.75 Å². The number of nitrogens with one attached hydrogen (secondary N) is 1. The maximum absolute atomic E-state index is 5.78. The van der Waals surface area contributed by atoms with Crippen molar-refractivity contribution in [3.63, 3.8) is 0 Å². The lowest BCUT2D eigenvalue weighted by molar-refractivity contribution is 0.0805. The fourth-order valence-electron chi connectivity index (χ4n) is 2.53. The molecule has 2 atom stereocenters. The van der Waals surface area contributed by atoms with E-state index in [0.717, 1.165) is 25.2 Å². The molecule has 0 aliphatic carbocycles. The SMILES string of the molecule is CNC(c1ccc(OC)cc1C)C1CCCO1. The first kappa shape index (κ1) is 12.4. The Morgan fingerprint density at radius 3 is 2.82 bits per heavy atom. The number of rotatable bonds is 4. The van der Waals surface area contributed by atoms with Gasteiger partial charge in [-0.3, -0.25) is 0 Å². The normalized spacial score (nSPS) is 21.5. The predicted molar refractivity (Wildman–Crippen MR) is 68.5 cm³/mol. The van der Waals surface area contributed by atoms with Crippen LogP contribution in [-0.4, -0.2) is 26.9 Å². The van der Waals surface area contributed by atoms with E-state index < -0.39 is 0 Å². The zero-order valence-electron chi connectivity index (χ0n) is 10.8. The Hall–Kier alpha value is -1.06. The monoisotopic (exact) mass is 235 g/mol. The van der Waals surface area contributed by atoms with Crippen LogP contribution in [0.15, 0.2) is 18.2 Å². The van der Waals surface area contributed by atoms with E-state index in [1.54, 1.807) is 7.11 Å². The van der Waals surface area contributed by atoms with E-state index >= 15 is 0 Å².